The van der Waals surface area contributed by atoms with Gasteiger partial charge in [0, 0.05) is 29.3 Å². The number of esters is 1. The average molecular weight is 403 g/mol. The summed E-state index contributed by atoms with van der Waals surface area (Å²) in [7, 11) is 2.98. The first-order valence-corrected chi connectivity index (χ1v) is 10.1. The van der Waals surface area contributed by atoms with E-state index in [4.69, 9.17) is 14.5 Å². The number of carbonyl (C=O) groups excluding carboxylic acids is 2. The number of carbonyl (C=O) groups is 2. The SMILES string of the molecule is COC(=O)C1C(C)=NC2=C(C(=O)C[C@H](c3ccccc3)C2)[C@@H]1c1ccc(OC)cc1. The maximum atomic E-state index is 13.4. The number of rotatable bonds is 4. The first-order chi connectivity index (χ1) is 14.5. The van der Waals surface area contributed by atoms with Gasteiger partial charge in [0.15, 0.2) is 5.78 Å². The molecule has 0 aromatic heterocycles. The van der Waals surface area contributed by atoms with Crippen LogP contribution in [0.5, 0.6) is 5.75 Å². The molecule has 2 aliphatic rings. The molecule has 2 aromatic rings. The van der Waals surface area contributed by atoms with Gasteiger partial charge in [0.25, 0.3) is 0 Å². The number of nitrogens with zero attached hydrogens (tertiary/aromatic N) is 1. The molecule has 0 N–H and O–H groups in total. The number of ketones is 1. The zero-order valence-electron chi connectivity index (χ0n) is 17.4. The van der Waals surface area contributed by atoms with Crippen molar-refractivity contribution in [1.82, 2.24) is 0 Å². The maximum Gasteiger partial charge on any atom is 0.315 e. The highest BCUT2D eigenvalue weighted by Crippen LogP contribution is 2.46. The number of benzene rings is 2. The molecular formula is C25H25NO4. The lowest BCUT2D eigenvalue weighted by Gasteiger charge is -2.36. The van der Waals surface area contributed by atoms with E-state index in [-0.39, 0.29) is 17.7 Å². The molecule has 0 bridgehead atoms. The Labute approximate surface area is 176 Å². The van der Waals surface area contributed by atoms with Crippen molar-refractivity contribution in [2.24, 2.45) is 10.9 Å². The number of ether oxygens (including phenoxy) is 2. The van der Waals surface area contributed by atoms with Crippen molar-refractivity contribution < 1.29 is 19.1 Å². The third kappa shape index (κ3) is 3.56. The van der Waals surface area contributed by atoms with Crippen LogP contribution >= 0.6 is 0 Å². The molecule has 1 heterocycles. The summed E-state index contributed by atoms with van der Waals surface area (Å²) in [6.45, 7) is 1.85. The molecule has 1 aliphatic carbocycles. The molecular weight excluding hydrogens is 378 g/mol. The highest BCUT2D eigenvalue weighted by Gasteiger charge is 2.44. The van der Waals surface area contributed by atoms with Gasteiger partial charge in [0.1, 0.15) is 11.7 Å². The standard InChI is InChI=1S/C25H25NO4/c1-15-22(25(28)30-3)23(17-9-11-19(29-2)12-10-17)24-20(26-15)13-18(14-21(24)27)16-7-5-4-6-8-16/h4-12,18,22-23H,13-14H2,1-3H3/t18-,22?,23-/m1/s1. The molecule has 5 nitrogen and oxygen atoms in total. The fraction of sp³-hybridized carbons (Fsp3) is 0.320. The first-order valence-electron chi connectivity index (χ1n) is 10.1. The van der Waals surface area contributed by atoms with Crippen molar-refractivity contribution in [1.29, 1.82) is 0 Å². The molecule has 5 heteroatoms. The van der Waals surface area contributed by atoms with E-state index in [1.807, 2.05) is 49.4 Å². The van der Waals surface area contributed by atoms with Crippen LogP contribution in [0.4, 0.5) is 0 Å². The van der Waals surface area contributed by atoms with Gasteiger partial charge in [0.2, 0.25) is 0 Å². The largest absolute Gasteiger partial charge is 0.497 e. The Hall–Kier alpha value is -3.21. The monoisotopic (exact) mass is 403 g/mol. The van der Waals surface area contributed by atoms with E-state index in [0.717, 1.165) is 22.6 Å². The second kappa shape index (κ2) is 8.27. The first kappa shape index (κ1) is 20.1. The normalized spacial score (nSPS) is 23.5. The molecule has 0 spiro atoms. The lowest BCUT2D eigenvalue weighted by Crippen LogP contribution is -2.37. The molecule has 2 aromatic carbocycles. The summed E-state index contributed by atoms with van der Waals surface area (Å²) < 4.78 is 10.4. The Morgan fingerprint density at radius 2 is 1.67 bits per heavy atom. The van der Waals surface area contributed by atoms with Crippen molar-refractivity contribution in [2.75, 3.05) is 14.2 Å². The number of methoxy groups -OCH3 is 2. The Morgan fingerprint density at radius 3 is 2.30 bits per heavy atom. The smallest absolute Gasteiger partial charge is 0.315 e. The fourth-order valence-corrected chi connectivity index (χ4v) is 4.62. The number of hydrogen-bond donors (Lipinski definition) is 0. The van der Waals surface area contributed by atoms with Crippen LogP contribution in [0.2, 0.25) is 0 Å². The van der Waals surface area contributed by atoms with Gasteiger partial charge in [-0.25, -0.2) is 0 Å². The number of hydrogen-bond acceptors (Lipinski definition) is 5. The predicted octanol–water partition coefficient (Wildman–Crippen LogP) is 4.44. The third-order valence-electron chi connectivity index (χ3n) is 6.09. The Morgan fingerprint density at radius 1 is 0.967 bits per heavy atom. The Kier molecular flexibility index (Phi) is 5.53. The second-order valence-corrected chi connectivity index (χ2v) is 7.80. The number of allylic oxidation sites excluding steroid dienone is 2. The predicted molar refractivity (Wildman–Crippen MR) is 115 cm³/mol. The van der Waals surface area contributed by atoms with Crippen molar-refractivity contribution >= 4 is 17.5 Å². The minimum Gasteiger partial charge on any atom is -0.497 e. The summed E-state index contributed by atoms with van der Waals surface area (Å²) in [4.78, 5) is 30.8. The van der Waals surface area contributed by atoms with Gasteiger partial charge in [-0.3, -0.25) is 14.6 Å². The van der Waals surface area contributed by atoms with E-state index in [1.165, 1.54) is 7.11 Å². The van der Waals surface area contributed by atoms with Gasteiger partial charge < -0.3 is 9.47 Å². The van der Waals surface area contributed by atoms with Crippen molar-refractivity contribution in [3.63, 3.8) is 0 Å². The molecule has 4 rings (SSSR count). The molecule has 0 saturated heterocycles. The zero-order valence-corrected chi connectivity index (χ0v) is 17.4. The quantitative estimate of drug-likeness (QED) is 0.708. The van der Waals surface area contributed by atoms with Gasteiger partial charge in [-0.1, -0.05) is 42.5 Å². The molecule has 0 saturated carbocycles. The van der Waals surface area contributed by atoms with Crippen LogP contribution in [0.15, 0.2) is 70.9 Å². The van der Waals surface area contributed by atoms with E-state index in [9.17, 15) is 9.59 Å². The Bertz CT molecular complexity index is 1020. The van der Waals surface area contributed by atoms with Gasteiger partial charge in [0.05, 0.1) is 14.2 Å². The van der Waals surface area contributed by atoms with Gasteiger partial charge in [-0.15, -0.1) is 0 Å². The van der Waals surface area contributed by atoms with Gasteiger partial charge >= 0.3 is 5.97 Å². The molecule has 0 radical (unpaired) electrons. The van der Waals surface area contributed by atoms with Crippen molar-refractivity contribution in [3.8, 4) is 5.75 Å². The minimum absolute atomic E-state index is 0.0519. The minimum atomic E-state index is -0.612. The highest BCUT2D eigenvalue weighted by molar-refractivity contribution is 6.09. The van der Waals surface area contributed by atoms with Crippen LogP contribution in [0.25, 0.3) is 0 Å². The lowest BCUT2D eigenvalue weighted by molar-refractivity contribution is -0.143. The summed E-state index contributed by atoms with van der Waals surface area (Å²) in [5.74, 6) is -0.514. The van der Waals surface area contributed by atoms with E-state index in [1.54, 1.807) is 7.11 Å². The van der Waals surface area contributed by atoms with E-state index < -0.39 is 11.8 Å². The molecule has 30 heavy (non-hydrogen) atoms. The van der Waals surface area contributed by atoms with Crippen LogP contribution in [0.3, 0.4) is 0 Å². The fourth-order valence-electron chi connectivity index (χ4n) is 4.62. The van der Waals surface area contributed by atoms with E-state index in [0.29, 0.717) is 24.1 Å². The van der Waals surface area contributed by atoms with Crippen molar-refractivity contribution in [3.05, 3.63) is 77.0 Å². The number of Topliss-reactive ketones (excluding diaryl/α,β-unsaturated/α-hetero) is 1. The molecule has 0 amide bonds. The molecule has 1 unspecified atom stereocenters. The van der Waals surface area contributed by atoms with E-state index in [2.05, 4.69) is 12.1 Å². The topological polar surface area (TPSA) is 65.0 Å². The van der Waals surface area contributed by atoms with Crippen LogP contribution in [-0.4, -0.2) is 31.7 Å². The Balaban J connectivity index is 1.80. The average Bonchev–Trinajstić information content (AvgIpc) is 2.78. The van der Waals surface area contributed by atoms with E-state index >= 15 is 0 Å². The molecule has 154 valence electrons. The summed E-state index contributed by atoms with van der Waals surface area (Å²) in [5.41, 5.74) is 4.15. The highest BCUT2D eigenvalue weighted by atomic mass is 16.5. The maximum absolute atomic E-state index is 13.4. The number of aliphatic imine (C=N–C) groups is 1. The van der Waals surface area contributed by atoms with Crippen LogP contribution < -0.4 is 4.74 Å². The zero-order chi connectivity index (χ0) is 21.3. The summed E-state index contributed by atoms with van der Waals surface area (Å²) in [5, 5.41) is 0. The summed E-state index contributed by atoms with van der Waals surface area (Å²) in [6, 6.07) is 17.6. The van der Waals surface area contributed by atoms with Gasteiger partial charge in [-0.05, 0) is 42.5 Å². The summed E-state index contributed by atoms with van der Waals surface area (Å²) >= 11 is 0. The summed E-state index contributed by atoms with van der Waals surface area (Å²) in [6.07, 6.45) is 1.10. The molecule has 3 atom stereocenters. The molecule has 1 aliphatic heterocycles. The van der Waals surface area contributed by atoms with Crippen molar-refractivity contribution in [2.45, 2.75) is 31.6 Å². The molecule has 0 fully saturated rings. The van der Waals surface area contributed by atoms with Crippen LogP contribution in [-0.2, 0) is 14.3 Å². The second-order valence-electron chi connectivity index (χ2n) is 7.80. The van der Waals surface area contributed by atoms with Crippen LogP contribution in [0.1, 0.15) is 42.7 Å². The van der Waals surface area contributed by atoms with Crippen LogP contribution in [0, 0.1) is 5.92 Å². The lowest BCUT2D eigenvalue weighted by atomic mass is 9.69. The van der Waals surface area contributed by atoms with Gasteiger partial charge in [-0.2, -0.15) is 0 Å². The third-order valence-corrected chi connectivity index (χ3v) is 6.09.